The topological polar surface area (TPSA) is 0 Å². The van der Waals surface area contributed by atoms with Gasteiger partial charge in [0.25, 0.3) is 0 Å². The van der Waals surface area contributed by atoms with Crippen molar-refractivity contribution >= 4 is 0 Å². The van der Waals surface area contributed by atoms with Crippen LogP contribution < -0.4 is 0 Å². The lowest BCUT2D eigenvalue weighted by Gasteiger charge is -2.63. The third-order valence-electron chi connectivity index (χ3n) is 2.71. The van der Waals surface area contributed by atoms with Crippen molar-refractivity contribution < 1.29 is 26.3 Å². The van der Waals surface area contributed by atoms with Crippen LogP contribution in [-0.2, 0) is 0 Å². The van der Waals surface area contributed by atoms with Gasteiger partial charge in [0, 0.05) is 0 Å². The molecule has 12 heavy (non-hydrogen) atoms. The molecule has 2 rings (SSSR count). The Morgan fingerprint density at radius 3 is 0.917 bits per heavy atom. The third-order valence-corrected chi connectivity index (χ3v) is 2.71. The molecule has 0 radical (unpaired) electrons. The number of halogens is 6. The minimum Gasteiger partial charge on any atom is -0.240 e. The average molecular weight is 190 g/mol. The first-order chi connectivity index (χ1) is 5.38. The summed E-state index contributed by atoms with van der Waals surface area (Å²) in [4.78, 5) is 0. The van der Waals surface area contributed by atoms with Gasteiger partial charge in [-0.3, -0.25) is 0 Å². The molecule has 6 heteroatoms. The van der Waals surface area contributed by atoms with Crippen LogP contribution in [0.25, 0.3) is 0 Å². The molecule has 2 aliphatic carbocycles. The van der Waals surface area contributed by atoms with Crippen molar-refractivity contribution in [3.05, 3.63) is 0 Å². The molecule has 2 fully saturated rings. The van der Waals surface area contributed by atoms with Gasteiger partial charge in [-0.2, -0.15) is 0 Å². The van der Waals surface area contributed by atoms with Gasteiger partial charge in [-0.1, -0.05) is 0 Å². The van der Waals surface area contributed by atoms with Gasteiger partial charge in [-0.15, -0.1) is 0 Å². The van der Waals surface area contributed by atoms with E-state index in [0.29, 0.717) is 0 Å². The Morgan fingerprint density at radius 1 is 0.583 bits per heavy atom. The lowest BCUT2D eigenvalue weighted by molar-refractivity contribution is -0.361. The van der Waals surface area contributed by atoms with Gasteiger partial charge < -0.3 is 0 Å². The van der Waals surface area contributed by atoms with E-state index in [1.54, 1.807) is 0 Å². The lowest BCUT2D eigenvalue weighted by Crippen LogP contribution is -2.92. The Bertz CT molecular complexity index is 188. The maximum Gasteiger partial charge on any atom is 0.218 e. The lowest BCUT2D eigenvalue weighted by atomic mass is 9.49. The van der Waals surface area contributed by atoms with E-state index in [0.717, 1.165) is 0 Å². The fraction of sp³-hybridized carbons (Fsp3) is 1.00. The van der Waals surface area contributed by atoms with E-state index >= 15 is 0 Å². The molecule has 0 aromatic carbocycles. The molecule has 2 saturated carbocycles. The van der Waals surface area contributed by atoms with Crippen molar-refractivity contribution in [3.63, 3.8) is 0 Å². The van der Waals surface area contributed by atoms with Crippen LogP contribution in [0.1, 0.15) is 0 Å². The highest BCUT2D eigenvalue weighted by Crippen LogP contribution is 2.66. The number of hydrogen-bond acceptors (Lipinski definition) is 0. The standard InChI is InChI=1S/C6H4F6/c7-1-2(8)6(12)4(10)3(9)5(1,6)11/h1-4H/t1-,2+,3+,4-,5?,6?. The highest BCUT2D eigenvalue weighted by Gasteiger charge is 2.93. The average Bonchev–Trinajstić information content (AvgIpc) is 2.10. The van der Waals surface area contributed by atoms with Crippen molar-refractivity contribution in [2.24, 2.45) is 0 Å². The zero-order valence-electron chi connectivity index (χ0n) is 5.58. The quantitative estimate of drug-likeness (QED) is 0.511. The van der Waals surface area contributed by atoms with Gasteiger partial charge in [0.15, 0.2) is 24.7 Å². The summed E-state index contributed by atoms with van der Waals surface area (Å²) >= 11 is 0. The Labute approximate surface area is 63.5 Å². The fourth-order valence-electron chi connectivity index (χ4n) is 1.81. The van der Waals surface area contributed by atoms with E-state index in [2.05, 4.69) is 0 Å². The predicted molar refractivity (Wildman–Crippen MR) is 27.3 cm³/mol. The highest BCUT2D eigenvalue weighted by atomic mass is 19.2. The largest absolute Gasteiger partial charge is 0.240 e. The van der Waals surface area contributed by atoms with Gasteiger partial charge in [0.2, 0.25) is 11.3 Å². The molecule has 0 bridgehead atoms. The fourth-order valence-corrected chi connectivity index (χ4v) is 1.81. The van der Waals surface area contributed by atoms with E-state index in [1.165, 1.54) is 0 Å². The van der Waals surface area contributed by atoms with Crippen molar-refractivity contribution in [1.29, 1.82) is 0 Å². The second-order valence-electron chi connectivity index (χ2n) is 3.14. The molecule has 0 nitrogen and oxygen atoms in total. The molecule has 0 aromatic rings. The summed E-state index contributed by atoms with van der Waals surface area (Å²) < 4.78 is 74.6. The minimum absolute atomic E-state index is 2.88. The monoisotopic (exact) mass is 190 g/mol. The molecule has 0 heterocycles. The Kier molecular flexibility index (Phi) is 1.19. The van der Waals surface area contributed by atoms with Crippen LogP contribution in [0.5, 0.6) is 0 Å². The number of fused-ring (bicyclic) bond motifs is 1. The van der Waals surface area contributed by atoms with Gasteiger partial charge in [0.1, 0.15) is 0 Å². The van der Waals surface area contributed by atoms with E-state index in [1.807, 2.05) is 0 Å². The Morgan fingerprint density at radius 2 is 0.750 bits per heavy atom. The molecule has 0 aromatic heterocycles. The summed E-state index contributed by atoms with van der Waals surface area (Å²) in [5.41, 5.74) is -7.18. The zero-order valence-corrected chi connectivity index (χ0v) is 5.58. The first-order valence-corrected chi connectivity index (χ1v) is 3.32. The molecule has 2 unspecified atom stereocenters. The maximum atomic E-state index is 12.8. The molecular weight excluding hydrogens is 186 g/mol. The van der Waals surface area contributed by atoms with Crippen molar-refractivity contribution in [2.45, 2.75) is 36.0 Å². The smallest absolute Gasteiger partial charge is 0.218 e. The van der Waals surface area contributed by atoms with Crippen LogP contribution in [0.4, 0.5) is 26.3 Å². The maximum absolute atomic E-state index is 12.8. The third kappa shape index (κ3) is 0.428. The van der Waals surface area contributed by atoms with Crippen molar-refractivity contribution in [3.8, 4) is 0 Å². The van der Waals surface area contributed by atoms with Crippen molar-refractivity contribution in [2.75, 3.05) is 0 Å². The highest BCUT2D eigenvalue weighted by molar-refractivity contribution is 5.38. The van der Waals surface area contributed by atoms with Gasteiger partial charge in [0.05, 0.1) is 0 Å². The zero-order chi connectivity index (χ0) is 9.31. The molecule has 0 aliphatic heterocycles. The summed E-state index contributed by atoms with van der Waals surface area (Å²) in [6, 6.07) is 0. The molecule has 0 amide bonds. The van der Waals surface area contributed by atoms with Gasteiger partial charge in [-0.25, -0.2) is 26.3 Å². The summed E-state index contributed by atoms with van der Waals surface area (Å²) in [5, 5.41) is 0. The van der Waals surface area contributed by atoms with E-state index < -0.39 is 36.0 Å². The molecule has 0 spiro atoms. The van der Waals surface area contributed by atoms with Gasteiger partial charge >= 0.3 is 0 Å². The van der Waals surface area contributed by atoms with Crippen LogP contribution in [0, 0.1) is 0 Å². The predicted octanol–water partition coefficient (Wildman–Crippen LogP) is 1.78. The van der Waals surface area contributed by atoms with E-state index in [4.69, 9.17) is 0 Å². The molecule has 6 atom stereocenters. The summed E-state index contributed by atoms with van der Waals surface area (Å²) in [6.45, 7) is 0. The number of rotatable bonds is 0. The van der Waals surface area contributed by atoms with Crippen LogP contribution in [0.3, 0.4) is 0 Å². The second-order valence-corrected chi connectivity index (χ2v) is 3.14. The van der Waals surface area contributed by atoms with E-state index in [-0.39, 0.29) is 0 Å². The molecular formula is C6H4F6. The number of hydrogen-bond donors (Lipinski definition) is 0. The van der Waals surface area contributed by atoms with Crippen LogP contribution in [-0.4, -0.2) is 36.0 Å². The molecule has 0 saturated heterocycles. The normalized spacial score (nSPS) is 69.5. The minimum atomic E-state index is -3.59. The molecule has 70 valence electrons. The Hall–Kier alpha value is -0.420. The Balaban J connectivity index is 2.33. The molecule has 0 N–H and O–H groups in total. The first kappa shape index (κ1) is 8.19. The SMILES string of the molecule is F[C@@H]1[C@H](F)C2(F)[C@H](F)[C@H](F)C12F. The summed E-state index contributed by atoms with van der Waals surface area (Å²) in [6.07, 6.45) is -11.5. The summed E-state index contributed by atoms with van der Waals surface area (Å²) in [5.74, 6) is 0. The van der Waals surface area contributed by atoms with Crippen LogP contribution in [0.2, 0.25) is 0 Å². The second kappa shape index (κ2) is 1.75. The van der Waals surface area contributed by atoms with Crippen LogP contribution >= 0.6 is 0 Å². The number of alkyl halides is 6. The van der Waals surface area contributed by atoms with Gasteiger partial charge in [-0.05, 0) is 0 Å². The molecule has 2 aliphatic rings. The van der Waals surface area contributed by atoms with Crippen molar-refractivity contribution in [1.82, 2.24) is 0 Å². The van der Waals surface area contributed by atoms with Crippen LogP contribution in [0.15, 0.2) is 0 Å². The summed E-state index contributed by atoms with van der Waals surface area (Å²) in [7, 11) is 0. The van der Waals surface area contributed by atoms with E-state index in [9.17, 15) is 26.3 Å². The first-order valence-electron chi connectivity index (χ1n) is 3.32.